The van der Waals surface area contributed by atoms with E-state index in [1.165, 1.54) is 0 Å². The van der Waals surface area contributed by atoms with Gasteiger partial charge in [-0.3, -0.25) is 4.79 Å². The maximum Gasteiger partial charge on any atom is 0.253 e. The average Bonchev–Trinajstić information content (AvgIpc) is 2.87. The van der Waals surface area contributed by atoms with Crippen molar-refractivity contribution in [2.75, 3.05) is 20.2 Å². The number of ether oxygens (including phenoxy) is 1. The number of nitrogens with zero attached hydrogens (tertiary/aromatic N) is 2. The Kier molecular flexibility index (Phi) is 3.57. The van der Waals surface area contributed by atoms with Gasteiger partial charge in [-0.2, -0.15) is 0 Å². The smallest absolute Gasteiger partial charge is 0.253 e. The van der Waals surface area contributed by atoms with Crippen LogP contribution in [0, 0.1) is 0 Å². The fourth-order valence-electron chi connectivity index (χ4n) is 3.11. The number of likely N-dealkylation sites (tertiary alicyclic amines) is 1. The summed E-state index contributed by atoms with van der Waals surface area (Å²) < 4.78 is 5.12. The monoisotopic (exact) mass is 288 g/mol. The van der Waals surface area contributed by atoms with Gasteiger partial charge >= 0.3 is 0 Å². The summed E-state index contributed by atoms with van der Waals surface area (Å²) in [5, 5.41) is 4.06. The number of hydrogen-bond acceptors (Lipinski definition) is 4. The molecule has 0 aliphatic carbocycles. The van der Waals surface area contributed by atoms with Gasteiger partial charge in [-0.15, -0.1) is 0 Å². The minimum absolute atomic E-state index is 0.0462. The highest BCUT2D eigenvalue weighted by molar-refractivity contribution is 5.94. The van der Waals surface area contributed by atoms with Gasteiger partial charge in [0.2, 0.25) is 0 Å². The molecule has 5 nitrogen and oxygen atoms in total. The first kappa shape index (κ1) is 13.9. The quantitative estimate of drug-likeness (QED) is 0.840. The summed E-state index contributed by atoms with van der Waals surface area (Å²) >= 11 is 0. The molecule has 2 aliphatic heterocycles. The fourth-order valence-corrected chi connectivity index (χ4v) is 3.11. The molecule has 0 N–H and O–H groups in total. The zero-order valence-electron chi connectivity index (χ0n) is 12.5. The minimum atomic E-state index is -0.301. The molecule has 1 atom stereocenters. The molecule has 112 valence electrons. The molecule has 1 aromatic rings. The van der Waals surface area contributed by atoms with Crippen molar-refractivity contribution in [2.24, 2.45) is 5.16 Å². The van der Waals surface area contributed by atoms with Crippen molar-refractivity contribution in [3.63, 3.8) is 0 Å². The third-order valence-electron chi connectivity index (χ3n) is 4.14. The normalized spacial score (nSPS) is 24.7. The van der Waals surface area contributed by atoms with Crippen molar-refractivity contribution in [1.82, 2.24) is 4.90 Å². The lowest BCUT2D eigenvalue weighted by atomic mass is 9.88. The largest absolute Gasteiger partial charge is 0.497 e. The third kappa shape index (κ3) is 2.73. The number of methoxy groups -OCH3 is 1. The second-order valence-electron chi connectivity index (χ2n) is 5.84. The number of carbonyl (C=O) groups excluding carboxylic acids is 1. The first-order valence-electron chi connectivity index (χ1n) is 7.27. The number of piperidine rings is 1. The first-order chi connectivity index (χ1) is 10.1. The Morgan fingerprint density at radius 3 is 2.76 bits per heavy atom. The van der Waals surface area contributed by atoms with Gasteiger partial charge in [-0.05, 0) is 44.0 Å². The Morgan fingerprint density at radius 2 is 2.14 bits per heavy atom. The lowest BCUT2D eigenvalue weighted by molar-refractivity contribution is -0.0618. The van der Waals surface area contributed by atoms with Crippen LogP contribution in [0.25, 0.3) is 0 Å². The van der Waals surface area contributed by atoms with Gasteiger partial charge in [0.25, 0.3) is 5.91 Å². The lowest BCUT2D eigenvalue weighted by Crippen LogP contribution is -2.50. The van der Waals surface area contributed by atoms with Gasteiger partial charge in [0.15, 0.2) is 5.60 Å². The van der Waals surface area contributed by atoms with Crippen molar-refractivity contribution >= 4 is 11.6 Å². The molecule has 2 heterocycles. The van der Waals surface area contributed by atoms with Crippen LogP contribution in [0.5, 0.6) is 5.75 Å². The van der Waals surface area contributed by atoms with E-state index in [1.807, 2.05) is 24.0 Å². The summed E-state index contributed by atoms with van der Waals surface area (Å²) in [5.41, 5.74) is 1.39. The molecule has 0 bridgehead atoms. The van der Waals surface area contributed by atoms with E-state index in [9.17, 15) is 4.79 Å². The molecule has 1 spiro atoms. The van der Waals surface area contributed by atoms with Crippen LogP contribution in [-0.4, -0.2) is 42.3 Å². The van der Waals surface area contributed by atoms with Crippen LogP contribution >= 0.6 is 0 Å². The van der Waals surface area contributed by atoms with Gasteiger partial charge in [0.05, 0.1) is 19.4 Å². The van der Waals surface area contributed by atoms with Crippen LogP contribution in [0.4, 0.5) is 0 Å². The molecule has 2 aliphatic rings. The Bertz CT molecular complexity index is 567. The predicted octanol–water partition coefficient (Wildman–Crippen LogP) is 2.47. The standard InChI is InChI=1S/C16H20N2O3/c1-12-10-16(21-17-12)8-3-9-18(11-16)15(19)13-4-6-14(20-2)7-5-13/h4-7H,3,8-11H2,1-2H3. The van der Waals surface area contributed by atoms with Crippen LogP contribution in [0.15, 0.2) is 29.4 Å². The Hall–Kier alpha value is -2.04. The molecular weight excluding hydrogens is 268 g/mol. The summed E-state index contributed by atoms with van der Waals surface area (Å²) in [5.74, 6) is 0.801. The van der Waals surface area contributed by atoms with Crippen molar-refractivity contribution in [3.8, 4) is 5.75 Å². The SMILES string of the molecule is COc1ccc(C(=O)N2CCCC3(CC(C)=NO3)C2)cc1. The number of rotatable bonds is 2. The van der Waals surface area contributed by atoms with Crippen LogP contribution in [0.1, 0.15) is 36.5 Å². The van der Waals surface area contributed by atoms with Crippen LogP contribution < -0.4 is 4.74 Å². The topological polar surface area (TPSA) is 51.1 Å². The van der Waals surface area contributed by atoms with Crippen molar-refractivity contribution in [3.05, 3.63) is 29.8 Å². The summed E-state index contributed by atoms with van der Waals surface area (Å²) in [4.78, 5) is 20.1. The minimum Gasteiger partial charge on any atom is -0.497 e. The second-order valence-corrected chi connectivity index (χ2v) is 5.84. The summed E-state index contributed by atoms with van der Waals surface area (Å²) in [6.07, 6.45) is 2.73. The van der Waals surface area contributed by atoms with E-state index in [-0.39, 0.29) is 11.5 Å². The van der Waals surface area contributed by atoms with Crippen LogP contribution in [0.3, 0.4) is 0 Å². The molecule has 1 aromatic carbocycles. The number of amides is 1. The average molecular weight is 288 g/mol. The summed E-state index contributed by atoms with van der Waals surface area (Å²) in [7, 11) is 1.62. The van der Waals surface area contributed by atoms with E-state index in [4.69, 9.17) is 9.57 Å². The number of carbonyl (C=O) groups is 1. The molecule has 3 rings (SSSR count). The van der Waals surface area contributed by atoms with Crippen molar-refractivity contribution in [2.45, 2.75) is 31.8 Å². The molecule has 1 unspecified atom stereocenters. The molecule has 1 amide bonds. The molecule has 0 aromatic heterocycles. The highest BCUT2D eigenvalue weighted by atomic mass is 16.7. The molecule has 21 heavy (non-hydrogen) atoms. The molecule has 1 saturated heterocycles. The van der Waals surface area contributed by atoms with E-state index in [0.29, 0.717) is 12.1 Å². The maximum absolute atomic E-state index is 12.6. The van der Waals surface area contributed by atoms with Crippen LogP contribution in [0.2, 0.25) is 0 Å². The van der Waals surface area contributed by atoms with Crippen molar-refractivity contribution in [1.29, 1.82) is 0 Å². The van der Waals surface area contributed by atoms with E-state index >= 15 is 0 Å². The Morgan fingerprint density at radius 1 is 1.38 bits per heavy atom. The van der Waals surface area contributed by atoms with Gasteiger partial charge in [0.1, 0.15) is 5.75 Å². The molecule has 5 heteroatoms. The van der Waals surface area contributed by atoms with Crippen LogP contribution in [-0.2, 0) is 4.84 Å². The van der Waals surface area contributed by atoms with E-state index in [1.54, 1.807) is 19.2 Å². The van der Waals surface area contributed by atoms with E-state index < -0.39 is 0 Å². The zero-order valence-corrected chi connectivity index (χ0v) is 12.5. The first-order valence-corrected chi connectivity index (χ1v) is 7.27. The van der Waals surface area contributed by atoms with Gasteiger partial charge < -0.3 is 14.5 Å². The van der Waals surface area contributed by atoms with E-state index in [0.717, 1.165) is 37.3 Å². The Balaban J connectivity index is 1.72. The Labute approximate surface area is 124 Å². The van der Waals surface area contributed by atoms with Gasteiger partial charge in [-0.25, -0.2) is 0 Å². The molecule has 0 radical (unpaired) electrons. The third-order valence-corrected chi connectivity index (χ3v) is 4.14. The summed E-state index contributed by atoms with van der Waals surface area (Å²) in [6.45, 7) is 3.35. The fraction of sp³-hybridized carbons (Fsp3) is 0.500. The number of benzene rings is 1. The second kappa shape index (κ2) is 5.39. The number of oxime groups is 1. The predicted molar refractivity (Wildman–Crippen MR) is 79.7 cm³/mol. The van der Waals surface area contributed by atoms with Crippen molar-refractivity contribution < 1.29 is 14.4 Å². The zero-order chi connectivity index (χ0) is 14.9. The molecule has 1 fully saturated rings. The highest BCUT2D eigenvalue weighted by Gasteiger charge is 2.43. The van der Waals surface area contributed by atoms with E-state index in [2.05, 4.69) is 5.16 Å². The number of hydrogen-bond donors (Lipinski definition) is 0. The summed E-state index contributed by atoms with van der Waals surface area (Å²) in [6, 6.07) is 7.23. The molecular formula is C16H20N2O3. The van der Waals surface area contributed by atoms with Gasteiger partial charge in [-0.1, -0.05) is 5.16 Å². The van der Waals surface area contributed by atoms with Gasteiger partial charge in [0, 0.05) is 18.5 Å². The maximum atomic E-state index is 12.6. The lowest BCUT2D eigenvalue weighted by Gasteiger charge is -2.38. The molecule has 0 saturated carbocycles. The highest BCUT2D eigenvalue weighted by Crippen LogP contribution is 2.33.